The smallest absolute Gasteiger partial charge is 0.341 e. The molecule has 0 aliphatic carbocycles. The van der Waals surface area contributed by atoms with E-state index in [0.717, 1.165) is 13.0 Å². The Bertz CT molecular complexity index is 336. The number of nitrogens with zero attached hydrogens (tertiary/aromatic N) is 1. The van der Waals surface area contributed by atoms with Crippen LogP contribution in [0.15, 0.2) is 4.52 Å². The van der Waals surface area contributed by atoms with E-state index < -0.39 is 5.97 Å². The molecule has 0 aromatic heterocycles. The molecule has 0 aromatic carbocycles. The van der Waals surface area contributed by atoms with Crippen molar-refractivity contribution in [2.45, 2.75) is 13.3 Å². The van der Waals surface area contributed by atoms with Gasteiger partial charge in [0.2, 0.25) is 8.60 Å². The van der Waals surface area contributed by atoms with E-state index in [9.17, 15) is 4.79 Å². The van der Waals surface area contributed by atoms with Crippen molar-refractivity contribution in [1.82, 2.24) is 0 Å². The Morgan fingerprint density at radius 2 is 1.36 bits per heavy atom. The van der Waals surface area contributed by atoms with Gasteiger partial charge >= 0.3 is 5.97 Å². The van der Waals surface area contributed by atoms with E-state index in [1.807, 2.05) is 0 Å². The maximum atomic E-state index is 10.9. The fourth-order valence-electron chi connectivity index (χ4n) is 1.35. The first-order chi connectivity index (χ1) is 13.7. The zero-order chi connectivity index (χ0) is 21.1. The van der Waals surface area contributed by atoms with Crippen LogP contribution >= 0.6 is 29.6 Å². The molecular formula is C16H34ClNO8P2. The SMILES string of the molecule is CCCOCCOCCOCC(=O)OP=NP.COCCOCCOCCCl. The van der Waals surface area contributed by atoms with Crippen LogP contribution in [0.2, 0.25) is 0 Å². The molecule has 1 unspecified atom stereocenters. The van der Waals surface area contributed by atoms with Crippen LogP contribution < -0.4 is 0 Å². The second kappa shape index (κ2) is 29.3. The zero-order valence-corrected chi connectivity index (χ0v) is 19.6. The number of ether oxygens (including phenoxy) is 6. The van der Waals surface area contributed by atoms with Crippen molar-refractivity contribution in [3.63, 3.8) is 0 Å². The van der Waals surface area contributed by atoms with E-state index in [1.54, 1.807) is 7.11 Å². The van der Waals surface area contributed by atoms with E-state index in [4.69, 9.17) is 40.0 Å². The van der Waals surface area contributed by atoms with Crippen molar-refractivity contribution in [2.24, 2.45) is 4.52 Å². The first kappa shape index (κ1) is 30.2. The number of methoxy groups -OCH3 is 1. The second-order valence-corrected chi connectivity index (χ2v) is 6.49. The largest absolute Gasteiger partial charge is 0.387 e. The fraction of sp³-hybridized carbons (Fsp3) is 0.938. The maximum absolute atomic E-state index is 10.9. The molecule has 0 radical (unpaired) electrons. The maximum Gasteiger partial charge on any atom is 0.341 e. The summed E-state index contributed by atoms with van der Waals surface area (Å²) in [5.41, 5.74) is 0. The number of carbonyl (C=O) groups is 1. The Labute approximate surface area is 177 Å². The standard InChI is InChI=1S/C9H19NO5P2.C7H15ClO3/c1-2-3-12-4-5-13-6-7-14-8-9(11)15-17-10-16;1-9-4-5-11-7-6-10-3-2-8/h2-8,16H2,1H3;2-7H2,1H3. The number of carbonyl (C=O) groups excluding carboxylic acids is 1. The Kier molecular flexibility index (Phi) is 31.6. The third-order valence-corrected chi connectivity index (χ3v) is 3.34. The van der Waals surface area contributed by atoms with Gasteiger partial charge in [0, 0.05) is 19.6 Å². The molecule has 1 atom stereocenters. The molecular weight excluding hydrogens is 432 g/mol. The lowest BCUT2D eigenvalue weighted by Gasteiger charge is -2.05. The molecule has 0 fully saturated rings. The van der Waals surface area contributed by atoms with Gasteiger partial charge in [-0.15, -0.1) is 11.6 Å². The Morgan fingerprint density at radius 3 is 1.86 bits per heavy atom. The highest BCUT2D eigenvalue weighted by Crippen LogP contribution is 2.05. The molecule has 0 rings (SSSR count). The number of halogens is 1. The van der Waals surface area contributed by atoms with Crippen LogP contribution in [0, 0.1) is 0 Å². The van der Waals surface area contributed by atoms with Gasteiger partial charge in [-0.3, -0.25) is 0 Å². The third kappa shape index (κ3) is 30.8. The molecule has 0 heterocycles. The summed E-state index contributed by atoms with van der Waals surface area (Å²) >= 11 is 5.38. The number of hydrogen-bond acceptors (Lipinski definition) is 9. The average molecular weight is 466 g/mol. The second-order valence-electron chi connectivity index (χ2n) is 4.84. The Morgan fingerprint density at radius 1 is 0.857 bits per heavy atom. The summed E-state index contributed by atoms with van der Waals surface area (Å²) in [6.45, 7) is 7.73. The molecule has 9 nitrogen and oxygen atoms in total. The van der Waals surface area contributed by atoms with Crippen LogP contribution in [0.25, 0.3) is 0 Å². The van der Waals surface area contributed by atoms with Crippen molar-refractivity contribution < 1.29 is 37.7 Å². The molecule has 0 aromatic rings. The van der Waals surface area contributed by atoms with Crippen LogP contribution in [0.3, 0.4) is 0 Å². The quantitative estimate of drug-likeness (QED) is 0.163. The average Bonchev–Trinajstić information content (AvgIpc) is 2.71. The summed E-state index contributed by atoms with van der Waals surface area (Å²) < 4.78 is 38.6. The molecule has 0 spiro atoms. The Hall–Kier alpha value is 0.0500. The van der Waals surface area contributed by atoms with Gasteiger partial charge in [0.25, 0.3) is 0 Å². The highest BCUT2D eigenvalue weighted by atomic mass is 35.5. The Balaban J connectivity index is 0. The zero-order valence-electron chi connectivity index (χ0n) is 16.8. The molecule has 0 saturated heterocycles. The highest BCUT2D eigenvalue weighted by Gasteiger charge is 2.01. The first-order valence-electron chi connectivity index (χ1n) is 8.96. The predicted molar refractivity (Wildman–Crippen MR) is 112 cm³/mol. The minimum atomic E-state index is -0.441. The fourth-order valence-corrected chi connectivity index (χ4v) is 1.80. The van der Waals surface area contributed by atoms with Crippen molar-refractivity contribution in [2.75, 3.05) is 85.7 Å². The van der Waals surface area contributed by atoms with Crippen molar-refractivity contribution in [3.05, 3.63) is 0 Å². The number of rotatable bonds is 19. The van der Waals surface area contributed by atoms with Crippen LogP contribution in [-0.4, -0.2) is 91.6 Å². The molecule has 0 aliphatic heterocycles. The monoisotopic (exact) mass is 465 g/mol. The van der Waals surface area contributed by atoms with Crippen molar-refractivity contribution in [1.29, 1.82) is 0 Å². The summed E-state index contributed by atoms with van der Waals surface area (Å²) in [6.07, 6.45) is 1.01. The minimum absolute atomic E-state index is 0.0805. The molecule has 0 bridgehead atoms. The molecule has 0 saturated carbocycles. The third-order valence-electron chi connectivity index (χ3n) is 2.53. The van der Waals surface area contributed by atoms with Gasteiger partial charge in [-0.25, -0.2) is 9.31 Å². The lowest BCUT2D eigenvalue weighted by molar-refractivity contribution is -0.138. The van der Waals surface area contributed by atoms with Gasteiger partial charge in [-0.1, -0.05) is 6.92 Å². The summed E-state index contributed by atoms with van der Waals surface area (Å²) in [4.78, 5) is 10.9. The van der Waals surface area contributed by atoms with Crippen LogP contribution in [0.1, 0.15) is 13.3 Å². The van der Waals surface area contributed by atoms with Gasteiger partial charge in [0.05, 0.1) is 59.5 Å². The van der Waals surface area contributed by atoms with Crippen LogP contribution in [0.5, 0.6) is 0 Å². The van der Waals surface area contributed by atoms with Crippen molar-refractivity contribution in [3.8, 4) is 0 Å². The normalized spacial score (nSPS) is 10.7. The summed E-state index contributed by atoms with van der Waals surface area (Å²) in [7, 11) is 4.01. The summed E-state index contributed by atoms with van der Waals surface area (Å²) in [5, 5.41) is 0. The van der Waals surface area contributed by atoms with Gasteiger partial charge < -0.3 is 32.9 Å². The lowest BCUT2D eigenvalue weighted by atomic mass is 10.5. The number of alkyl halides is 1. The molecule has 168 valence electrons. The van der Waals surface area contributed by atoms with E-state index in [0.29, 0.717) is 65.3 Å². The molecule has 0 N–H and O–H groups in total. The van der Waals surface area contributed by atoms with Gasteiger partial charge in [-0.2, -0.15) is 0 Å². The lowest BCUT2D eigenvalue weighted by Crippen LogP contribution is -2.13. The molecule has 0 amide bonds. The minimum Gasteiger partial charge on any atom is -0.387 e. The van der Waals surface area contributed by atoms with Crippen LogP contribution in [0.4, 0.5) is 0 Å². The van der Waals surface area contributed by atoms with Gasteiger partial charge in [0.1, 0.15) is 6.61 Å². The van der Waals surface area contributed by atoms with Gasteiger partial charge in [-0.05, 0) is 15.8 Å². The summed E-state index contributed by atoms with van der Waals surface area (Å²) in [5.74, 6) is 0.0991. The molecule has 12 heteroatoms. The van der Waals surface area contributed by atoms with E-state index in [-0.39, 0.29) is 15.2 Å². The first-order valence-corrected chi connectivity index (χ1v) is 10.8. The topological polar surface area (TPSA) is 94.0 Å². The van der Waals surface area contributed by atoms with Crippen molar-refractivity contribution >= 4 is 35.6 Å². The van der Waals surface area contributed by atoms with E-state index >= 15 is 0 Å². The highest BCUT2D eigenvalue weighted by molar-refractivity contribution is 7.31. The summed E-state index contributed by atoms with van der Waals surface area (Å²) in [6, 6.07) is 0. The predicted octanol–water partition coefficient (Wildman–Crippen LogP) is 2.73. The van der Waals surface area contributed by atoms with E-state index in [2.05, 4.69) is 25.4 Å². The van der Waals surface area contributed by atoms with Gasteiger partial charge in [0.15, 0.2) is 0 Å². The molecule has 28 heavy (non-hydrogen) atoms. The van der Waals surface area contributed by atoms with Crippen LogP contribution in [-0.2, 0) is 37.7 Å². The van der Waals surface area contributed by atoms with E-state index in [1.165, 1.54) is 0 Å². The molecule has 0 aliphatic rings. The number of hydrogen-bond donors (Lipinski definition) is 0.